The Bertz CT molecular complexity index is 307. The van der Waals surface area contributed by atoms with Crippen LogP contribution in [0.1, 0.15) is 29.8 Å². The van der Waals surface area contributed by atoms with Gasteiger partial charge in [-0.05, 0) is 18.9 Å². The maximum Gasteiger partial charge on any atom is 0.123 e. The molecule has 2 heteroatoms. The molecule has 0 aromatic heterocycles. The van der Waals surface area contributed by atoms with Gasteiger partial charge in [0.1, 0.15) is 5.75 Å². The summed E-state index contributed by atoms with van der Waals surface area (Å²) in [6, 6.07) is 6.28. The molecule has 1 rings (SSSR count). The van der Waals surface area contributed by atoms with E-state index in [0.717, 1.165) is 5.75 Å². The number of halogens is 1. The van der Waals surface area contributed by atoms with Gasteiger partial charge in [-0.2, -0.15) is 0 Å². The van der Waals surface area contributed by atoms with E-state index in [1.54, 1.807) is 7.11 Å². The minimum absolute atomic E-state index is 0.359. The van der Waals surface area contributed by atoms with Crippen molar-refractivity contribution in [2.75, 3.05) is 7.11 Å². The lowest BCUT2D eigenvalue weighted by atomic mass is 10.00. The summed E-state index contributed by atoms with van der Waals surface area (Å²) in [6.45, 7) is 6.49. The first kappa shape index (κ1) is 11.6. The highest BCUT2D eigenvalue weighted by atomic mass is 79.9. The molecule has 0 amide bonds. The number of methoxy groups -OCH3 is 1. The van der Waals surface area contributed by atoms with E-state index < -0.39 is 0 Å². The lowest BCUT2D eigenvalue weighted by Crippen LogP contribution is -2.01. The fraction of sp³-hybridized carbons (Fsp3) is 0.500. The smallest absolute Gasteiger partial charge is 0.123 e. The van der Waals surface area contributed by atoms with Crippen LogP contribution in [-0.4, -0.2) is 7.11 Å². The third kappa shape index (κ3) is 2.50. The van der Waals surface area contributed by atoms with Gasteiger partial charge >= 0.3 is 0 Å². The van der Waals surface area contributed by atoms with Crippen LogP contribution in [0.25, 0.3) is 0 Å². The number of hydrogen-bond acceptors (Lipinski definition) is 1. The summed E-state index contributed by atoms with van der Waals surface area (Å²) in [5.74, 6) is 1.52. The van der Waals surface area contributed by atoms with Gasteiger partial charge in [-0.25, -0.2) is 0 Å². The first-order valence-corrected chi connectivity index (χ1v) is 5.76. The summed E-state index contributed by atoms with van der Waals surface area (Å²) in [6.07, 6.45) is 0. The fourth-order valence-corrected chi connectivity index (χ4v) is 1.79. The van der Waals surface area contributed by atoms with Crippen molar-refractivity contribution in [1.82, 2.24) is 0 Å². The van der Waals surface area contributed by atoms with E-state index in [1.807, 2.05) is 6.07 Å². The standard InChI is InChI=1S/C12H17BrO/c1-8(2)12(13)10-7-9(3)5-6-11(10)14-4/h5-8,12H,1-4H3. The van der Waals surface area contributed by atoms with Gasteiger partial charge in [0, 0.05) is 10.4 Å². The van der Waals surface area contributed by atoms with Crippen molar-refractivity contribution in [2.45, 2.75) is 25.6 Å². The molecule has 0 aliphatic rings. The molecule has 1 aromatic rings. The number of rotatable bonds is 3. The van der Waals surface area contributed by atoms with Crippen molar-refractivity contribution in [3.8, 4) is 5.75 Å². The highest BCUT2D eigenvalue weighted by molar-refractivity contribution is 9.09. The molecule has 1 aromatic carbocycles. The first-order chi connectivity index (χ1) is 6.56. The Balaban J connectivity index is 3.10. The summed E-state index contributed by atoms with van der Waals surface area (Å²) in [5, 5.41) is 0. The highest BCUT2D eigenvalue weighted by Gasteiger charge is 2.16. The van der Waals surface area contributed by atoms with Crippen molar-refractivity contribution in [2.24, 2.45) is 5.92 Å². The van der Waals surface area contributed by atoms with Crippen molar-refractivity contribution in [3.63, 3.8) is 0 Å². The van der Waals surface area contributed by atoms with Crippen molar-refractivity contribution >= 4 is 15.9 Å². The quantitative estimate of drug-likeness (QED) is 0.741. The van der Waals surface area contributed by atoms with Crippen molar-refractivity contribution in [3.05, 3.63) is 29.3 Å². The maximum absolute atomic E-state index is 5.34. The SMILES string of the molecule is COc1ccc(C)cc1C(Br)C(C)C. The molecule has 0 saturated carbocycles. The van der Waals surface area contributed by atoms with E-state index in [4.69, 9.17) is 4.74 Å². The third-order valence-electron chi connectivity index (χ3n) is 2.27. The summed E-state index contributed by atoms with van der Waals surface area (Å²) >= 11 is 3.70. The van der Waals surface area contributed by atoms with Gasteiger partial charge in [0.05, 0.1) is 7.11 Å². The van der Waals surface area contributed by atoms with Gasteiger partial charge in [0.2, 0.25) is 0 Å². The molecular formula is C12H17BrO. The van der Waals surface area contributed by atoms with E-state index in [9.17, 15) is 0 Å². The largest absolute Gasteiger partial charge is 0.496 e. The second-order valence-corrected chi connectivity index (χ2v) is 4.88. The molecule has 1 nitrogen and oxygen atoms in total. The van der Waals surface area contributed by atoms with Gasteiger partial charge in [-0.15, -0.1) is 0 Å². The Morgan fingerprint density at radius 1 is 1.29 bits per heavy atom. The zero-order chi connectivity index (χ0) is 10.7. The molecule has 0 bridgehead atoms. The molecule has 14 heavy (non-hydrogen) atoms. The van der Waals surface area contributed by atoms with Crippen LogP contribution in [0.5, 0.6) is 5.75 Å². The van der Waals surface area contributed by atoms with E-state index in [0.29, 0.717) is 10.7 Å². The monoisotopic (exact) mass is 256 g/mol. The van der Waals surface area contributed by atoms with Crippen LogP contribution in [0, 0.1) is 12.8 Å². The molecular weight excluding hydrogens is 240 g/mol. The van der Waals surface area contributed by atoms with Crippen LogP contribution >= 0.6 is 15.9 Å². The molecule has 0 saturated heterocycles. The Morgan fingerprint density at radius 2 is 1.93 bits per heavy atom. The second-order valence-electron chi connectivity index (χ2n) is 3.89. The van der Waals surface area contributed by atoms with Crippen LogP contribution in [-0.2, 0) is 0 Å². The zero-order valence-electron chi connectivity index (χ0n) is 9.17. The number of aryl methyl sites for hydroxylation is 1. The highest BCUT2D eigenvalue weighted by Crippen LogP contribution is 2.36. The second kappa shape index (κ2) is 4.83. The fourth-order valence-electron chi connectivity index (χ4n) is 1.43. The summed E-state index contributed by atoms with van der Waals surface area (Å²) in [7, 11) is 1.72. The Morgan fingerprint density at radius 3 is 2.43 bits per heavy atom. The average molecular weight is 257 g/mol. The topological polar surface area (TPSA) is 9.23 Å². The van der Waals surface area contributed by atoms with Crippen molar-refractivity contribution < 1.29 is 4.74 Å². The van der Waals surface area contributed by atoms with Crippen molar-refractivity contribution in [1.29, 1.82) is 0 Å². The number of benzene rings is 1. The maximum atomic E-state index is 5.34. The molecule has 1 atom stereocenters. The normalized spacial score (nSPS) is 13.0. The zero-order valence-corrected chi connectivity index (χ0v) is 10.8. The van der Waals surface area contributed by atoms with Gasteiger partial charge in [-0.3, -0.25) is 0 Å². The van der Waals surface area contributed by atoms with Gasteiger partial charge in [-0.1, -0.05) is 47.5 Å². The van der Waals surface area contributed by atoms with E-state index >= 15 is 0 Å². The molecule has 0 radical (unpaired) electrons. The first-order valence-electron chi connectivity index (χ1n) is 4.85. The summed E-state index contributed by atoms with van der Waals surface area (Å²) < 4.78 is 5.34. The van der Waals surface area contributed by atoms with Crippen LogP contribution < -0.4 is 4.74 Å². The minimum Gasteiger partial charge on any atom is -0.496 e. The molecule has 78 valence electrons. The molecule has 0 N–H and O–H groups in total. The van der Waals surface area contributed by atoms with Crippen LogP contribution in [0.2, 0.25) is 0 Å². The molecule has 0 spiro atoms. The molecule has 0 aliphatic heterocycles. The van der Waals surface area contributed by atoms with Crippen LogP contribution in [0.15, 0.2) is 18.2 Å². The minimum atomic E-state index is 0.359. The molecule has 0 aliphatic carbocycles. The predicted octanol–water partition coefficient (Wildman–Crippen LogP) is 4.10. The average Bonchev–Trinajstić information content (AvgIpc) is 2.16. The third-order valence-corrected chi connectivity index (χ3v) is 3.82. The number of ether oxygens (including phenoxy) is 1. The Kier molecular flexibility index (Phi) is 3.99. The lowest BCUT2D eigenvalue weighted by Gasteiger charge is -2.17. The van der Waals surface area contributed by atoms with E-state index in [2.05, 4.69) is 48.8 Å². The predicted molar refractivity (Wildman–Crippen MR) is 64.2 cm³/mol. The Labute approximate surface area is 94.6 Å². The van der Waals surface area contributed by atoms with Gasteiger partial charge in [0.15, 0.2) is 0 Å². The number of hydrogen-bond donors (Lipinski definition) is 0. The van der Waals surface area contributed by atoms with E-state index in [-0.39, 0.29) is 0 Å². The Hall–Kier alpha value is -0.500. The summed E-state index contributed by atoms with van der Waals surface area (Å²) in [5.41, 5.74) is 2.51. The lowest BCUT2D eigenvalue weighted by molar-refractivity contribution is 0.406. The van der Waals surface area contributed by atoms with Crippen LogP contribution in [0.4, 0.5) is 0 Å². The molecule has 0 fully saturated rings. The molecule has 0 heterocycles. The number of alkyl halides is 1. The van der Waals surface area contributed by atoms with Gasteiger partial charge < -0.3 is 4.74 Å². The van der Waals surface area contributed by atoms with Gasteiger partial charge in [0.25, 0.3) is 0 Å². The molecule has 1 unspecified atom stereocenters. The van der Waals surface area contributed by atoms with E-state index in [1.165, 1.54) is 11.1 Å². The van der Waals surface area contributed by atoms with Crippen LogP contribution in [0.3, 0.4) is 0 Å². The summed E-state index contributed by atoms with van der Waals surface area (Å²) in [4.78, 5) is 0.359.